The molecule has 0 radical (unpaired) electrons. The zero-order chi connectivity index (χ0) is 22.7. The summed E-state index contributed by atoms with van der Waals surface area (Å²) in [5.41, 5.74) is 0. The Morgan fingerprint density at radius 3 is 2.53 bits per heavy atom. The number of ether oxygens (including phenoxy) is 2. The van der Waals surface area contributed by atoms with E-state index in [4.69, 9.17) is 9.47 Å². The van der Waals surface area contributed by atoms with E-state index < -0.39 is 5.79 Å². The number of rotatable bonds is 6. The summed E-state index contributed by atoms with van der Waals surface area (Å²) in [4.78, 5) is 32.1. The predicted octanol–water partition coefficient (Wildman–Crippen LogP) is 1.30. The van der Waals surface area contributed by atoms with Crippen LogP contribution in [-0.2, 0) is 19.1 Å². The first-order chi connectivity index (χ1) is 15.3. The standard InChI is InChI=1S/C24H42N4O4/c1-18(2)12-21-23(30)27(11-7-25-21)15-22(29)28-10-6-24(13-19(28)3)31-16-20(17-32-24)14-26-8-4-5-9-26/h18-21,25H,4-17H2,1-3H3/t19-,20?,21-,24?/m0/s1. The van der Waals surface area contributed by atoms with Crippen molar-refractivity contribution in [3.05, 3.63) is 0 Å². The van der Waals surface area contributed by atoms with E-state index in [1.54, 1.807) is 4.90 Å². The van der Waals surface area contributed by atoms with Crippen LogP contribution < -0.4 is 5.32 Å². The number of carbonyl (C=O) groups excluding carboxylic acids is 2. The molecule has 4 saturated heterocycles. The molecule has 1 spiro atoms. The van der Waals surface area contributed by atoms with Gasteiger partial charge in [0.2, 0.25) is 11.8 Å². The van der Waals surface area contributed by atoms with Crippen LogP contribution in [0.4, 0.5) is 0 Å². The van der Waals surface area contributed by atoms with Crippen molar-refractivity contribution in [1.82, 2.24) is 20.0 Å². The summed E-state index contributed by atoms with van der Waals surface area (Å²) in [6.45, 7) is 13.4. The van der Waals surface area contributed by atoms with E-state index in [0.29, 0.717) is 37.8 Å². The Balaban J connectivity index is 1.25. The highest BCUT2D eigenvalue weighted by atomic mass is 16.7. The Bertz CT molecular complexity index is 658. The van der Waals surface area contributed by atoms with Crippen molar-refractivity contribution in [2.75, 3.05) is 59.0 Å². The van der Waals surface area contributed by atoms with Crippen LogP contribution in [0.25, 0.3) is 0 Å². The van der Waals surface area contributed by atoms with E-state index in [1.807, 2.05) is 4.90 Å². The summed E-state index contributed by atoms with van der Waals surface area (Å²) in [6, 6.07) is -0.132. The van der Waals surface area contributed by atoms with E-state index in [1.165, 1.54) is 25.9 Å². The van der Waals surface area contributed by atoms with E-state index in [0.717, 1.165) is 32.7 Å². The van der Waals surface area contributed by atoms with Gasteiger partial charge in [-0.1, -0.05) is 13.8 Å². The molecule has 4 aliphatic rings. The molecule has 2 atom stereocenters. The number of piperidine rings is 1. The molecule has 8 nitrogen and oxygen atoms in total. The lowest BCUT2D eigenvalue weighted by Crippen LogP contribution is -2.60. The first kappa shape index (κ1) is 23.9. The molecular formula is C24H42N4O4. The molecule has 4 rings (SSSR count). The second-order valence-corrected chi connectivity index (χ2v) is 10.7. The van der Waals surface area contributed by atoms with Gasteiger partial charge in [0.15, 0.2) is 5.79 Å². The van der Waals surface area contributed by atoms with E-state index in [9.17, 15) is 9.59 Å². The Labute approximate surface area is 192 Å². The quantitative estimate of drug-likeness (QED) is 0.658. The molecule has 0 saturated carbocycles. The molecule has 1 N–H and O–H groups in total. The molecule has 0 unspecified atom stereocenters. The van der Waals surface area contributed by atoms with Gasteiger partial charge in [-0.15, -0.1) is 0 Å². The second-order valence-electron chi connectivity index (χ2n) is 10.7. The maximum atomic E-state index is 13.1. The van der Waals surface area contributed by atoms with Crippen LogP contribution in [0.1, 0.15) is 52.9 Å². The number of hydrogen-bond donors (Lipinski definition) is 1. The predicted molar refractivity (Wildman–Crippen MR) is 122 cm³/mol. The number of nitrogens with one attached hydrogen (secondary N) is 1. The lowest BCUT2D eigenvalue weighted by atomic mass is 9.94. The summed E-state index contributed by atoms with van der Waals surface area (Å²) in [6.07, 6.45) is 4.81. The Kier molecular flexibility index (Phi) is 7.75. The zero-order valence-electron chi connectivity index (χ0n) is 20.2. The second kappa shape index (κ2) is 10.4. The Morgan fingerprint density at radius 1 is 1.16 bits per heavy atom. The van der Waals surface area contributed by atoms with E-state index in [2.05, 4.69) is 31.0 Å². The van der Waals surface area contributed by atoms with Crippen LogP contribution in [0.5, 0.6) is 0 Å². The average molecular weight is 451 g/mol. The van der Waals surface area contributed by atoms with Gasteiger partial charge in [-0.05, 0) is 45.2 Å². The lowest BCUT2D eigenvalue weighted by Gasteiger charge is -2.48. The van der Waals surface area contributed by atoms with Crippen LogP contribution in [-0.4, -0.2) is 103 Å². The molecule has 0 bridgehead atoms. The minimum Gasteiger partial charge on any atom is -0.349 e. The van der Waals surface area contributed by atoms with Crippen molar-refractivity contribution >= 4 is 11.8 Å². The third kappa shape index (κ3) is 5.64. The number of nitrogens with zero attached hydrogens (tertiary/aromatic N) is 3. The van der Waals surface area contributed by atoms with E-state index >= 15 is 0 Å². The van der Waals surface area contributed by atoms with Crippen molar-refractivity contribution in [2.24, 2.45) is 11.8 Å². The molecule has 32 heavy (non-hydrogen) atoms. The minimum atomic E-state index is -0.551. The van der Waals surface area contributed by atoms with Crippen LogP contribution in [0.15, 0.2) is 0 Å². The average Bonchev–Trinajstić information content (AvgIpc) is 3.26. The number of piperazine rings is 1. The summed E-state index contributed by atoms with van der Waals surface area (Å²) >= 11 is 0. The van der Waals surface area contributed by atoms with Crippen molar-refractivity contribution in [2.45, 2.75) is 70.7 Å². The maximum absolute atomic E-state index is 13.1. The molecule has 182 valence electrons. The van der Waals surface area contributed by atoms with Gasteiger partial charge in [-0.2, -0.15) is 0 Å². The van der Waals surface area contributed by atoms with Crippen molar-refractivity contribution < 1.29 is 19.1 Å². The van der Waals surface area contributed by atoms with Crippen LogP contribution >= 0.6 is 0 Å². The van der Waals surface area contributed by atoms with Gasteiger partial charge in [-0.25, -0.2) is 0 Å². The van der Waals surface area contributed by atoms with E-state index in [-0.39, 0.29) is 30.4 Å². The Morgan fingerprint density at radius 2 is 1.88 bits per heavy atom. The topological polar surface area (TPSA) is 74.3 Å². The van der Waals surface area contributed by atoms with Gasteiger partial charge in [0.05, 0.1) is 25.8 Å². The molecule has 0 aromatic carbocycles. The number of hydrogen-bond acceptors (Lipinski definition) is 6. The highest BCUT2D eigenvalue weighted by Gasteiger charge is 2.45. The lowest BCUT2D eigenvalue weighted by molar-refractivity contribution is -0.303. The molecule has 0 aromatic rings. The molecule has 4 fully saturated rings. The molecule has 8 heteroatoms. The normalized spacial score (nSPS) is 34.6. The van der Waals surface area contributed by atoms with Crippen LogP contribution in [0, 0.1) is 11.8 Å². The molecule has 0 aromatic heterocycles. The van der Waals surface area contributed by atoms with Gasteiger partial charge < -0.3 is 29.5 Å². The molecule has 0 aliphatic carbocycles. The maximum Gasteiger partial charge on any atom is 0.242 e. The minimum absolute atomic E-state index is 0.0358. The summed E-state index contributed by atoms with van der Waals surface area (Å²) in [5, 5.41) is 3.30. The molecular weight excluding hydrogens is 408 g/mol. The zero-order valence-corrected chi connectivity index (χ0v) is 20.2. The fourth-order valence-corrected chi connectivity index (χ4v) is 5.73. The van der Waals surface area contributed by atoms with Gasteiger partial charge in [0.25, 0.3) is 0 Å². The third-order valence-corrected chi connectivity index (χ3v) is 7.49. The SMILES string of the molecule is CC(C)C[C@@H]1NCCN(CC(=O)N2CCC3(C[C@@H]2C)OCC(CN2CCCC2)CO3)C1=O. The fraction of sp³-hybridized carbons (Fsp3) is 0.917. The molecule has 4 aliphatic heterocycles. The van der Waals surface area contributed by atoms with Gasteiger partial charge in [-0.3, -0.25) is 9.59 Å². The third-order valence-electron chi connectivity index (χ3n) is 7.49. The molecule has 2 amide bonds. The molecule has 4 heterocycles. The highest BCUT2D eigenvalue weighted by molar-refractivity contribution is 5.88. The van der Waals surface area contributed by atoms with Gasteiger partial charge >= 0.3 is 0 Å². The highest BCUT2D eigenvalue weighted by Crippen LogP contribution is 2.35. The van der Waals surface area contributed by atoms with Gasteiger partial charge in [0.1, 0.15) is 0 Å². The summed E-state index contributed by atoms with van der Waals surface area (Å²) < 4.78 is 12.6. The summed E-state index contributed by atoms with van der Waals surface area (Å²) in [7, 11) is 0. The summed E-state index contributed by atoms with van der Waals surface area (Å²) in [5.74, 6) is 0.420. The monoisotopic (exact) mass is 450 g/mol. The fourth-order valence-electron chi connectivity index (χ4n) is 5.73. The van der Waals surface area contributed by atoms with Crippen LogP contribution in [0.3, 0.4) is 0 Å². The first-order valence-corrected chi connectivity index (χ1v) is 12.7. The number of likely N-dealkylation sites (tertiary alicyclic amines) is 2. The van der Waals surface area contributed by atoms with Gasteiger partial charge in [0, 0.05) is 51.0 Å². The smallest absolute Gasteiger partial charge is 0.242 e. The largest absolute Gasteiger partial charge is 0.349 e. The van der Waals surface area contributed by atoms with Crippen LogP contribution in [0.2, 0.25) is 0 Å². The first-order valence-electron chi connectivity index (χ1n) is 12.7. The van der Waals surface area contributed by atoms with Crippen molar-refractivity contribution in [1.29, 1.82) is 0 Å². The van der Waals surface area contributed by atoms with Crippen molar-refractivity contribution in [3.8, 4) is 0 Å². The number of amides is 2. The number of carbonyl (C=O) groups is 2. The van der Waals surface area contributed by atoms with Crippen molar-refractivity contribution in [3.63, 3.8) is 0 Å². The Hall–Kier alpha value is -1.22.